The van der Waals surface area contributed by atoms with E-state index in [1.54, 1.807) is 6.92 Å². The van der Waals surface area contributed by atoms with Gasteiger partial charge in [0.15, 0.2) is 0 Å². The number of piperidine rings is 1. The van der Waals surface area contributed by atoms with Gasteiger partial charge in [-0.15, -0.1) is 0 Å². The number of rotatable bonds is 4. The van der Waals surface area contributed by atoms with Crippen molar-refractivity contribution in [3.8, 4) is 0 Å². The predicted octanol–water partition coefficient (Wildman–Crippen LogP) is 1.69. The average Bonchev–Trinajstić information content (AvgIpc) is 3.04. The second-order valence-corrected chi connectivity index (χ2v) is 9.19. The number of carboxylic acid groups (broad SMARTS) is 1. The highest BCUT2D eigenvalue weighted by Crippen LogP contribution is 2.33. The Hall–Kier alpha value is -2.00. The summed E-state index contributed by atoms with van der Waals surface area (Å²) in [5.41, 5.74) is -1.20. The van der Waals surface area contributed by atoms with Crippen molar-refractivity contribution in [3.05, 3.63) is 30.1 Å². The molecule has 2 aliphatic rings. The molecule has 1 N–H and O–H groups in total. The molecule has 9 heteroatoms. The molecule has 148 valence electrons. The minimum atomic E-state index is -3.96. The van der Waals surface area contributed by atoms with Gasteiger partial charge in [0.25, 0.3) is 0 Å². The van der Waals surface area contributed by atoms with Crippen LogP contribution < -0.4 is 0 Å². The number of carbonyl (C=O) groups is 2. The number of hydrogen-bond donors (Lipinski definition) is 1. The Bertz CT molecular complexity index is 851. The van der Waals surface area contributed by atoms with Crippen LogP contribution in [0.5, 0.6) is 0 Å². The highest BCUT2D eigenvalue weighted by Gasteiger charge is 2.48. The largest absolute Gasteiger partial charge is 0.480 e. The molecule has 2 aliphatic heterocycles. The van der Waals surface area contributed by atoms with Crippen LogP contribution >= 0.6 is 0 Å². The van der Waals surface area contributed by atoms with E-state index in [4.69, 9.17) is 0 Å². The molecule has 1 amide bonds. The second kappa shape index (κ2) is 7.20. The molecule has 0 saturated carbocycles. The summed E-state index contributed by atoms with van der Waals surface area (Å²) in [7, 11) is -3.96. The number of amides is 1. The van der Waals surface area contributed by atoms with Crippen LogP contribution in [-0.4, -0.2) is 59.8 Å². The second-order valence-electron chi connectivity index (χ2n) is 7.28. The molecular weight excluding hydrogens is 375 g/mol. The van der Waals surface area contributed by atoms with Gasteiger partial charge in [-0.2, -0.15) is 4.31 Å². The maximum Gasteiger partial charge on any atom is 0.329 e. The summed E-state index contributed by atoms with van der Waals surface area (Å²) in [5, 5.41) is 9.47. The number of benzene rings is 1. The highest BCUT2D eigenvalue weighted by atomic mass is 32.2. The Kier molecular flexibility index (Phi) is 5.27. The van der Waals surface area contributed by atoms with Crippen molar-refractivity contribution in [1.29, 1.82) is 0 Å². The minimum absolute atomic E-state index is 0.102. The summed E-state index contributed by atoms with van der Waals surface area (Å²) < 4.78 is 40.4. The normalized spacial score (nSPS) is 24.9. The first-order valence-electron chi connectivity index (χ1n) is 8.97. The quantitative estimate of drug-likeness (QED) is 0.833. The molecule has 1 aromatic carbocycles. The van der Waals surface area contributed by atoms with E-state index < -0.39 is 33.3 Å². The van der Waals surface area contributed by atoms with Gasteiger partial charge >= 0.3 is 5.97 Å². The van der Waals surface area contributed by atoms with Crippen molar-refractivity contribution in [3.63, 3.8) is 0 Å². The Morgan fingerprint density at radius 1 is 1.19 bits per heavy atom. The fourth-order valence-corrected chi connectivity index (χ4v) is 5.43. The zero-order valence-corrected chi connectivity index (χ0v) is 15.9. The molecule has 1 unspecified atom stereocenters. The highest BCUT2D eigenvalue weighted by molar-refractivity contribution is 7.89. The molecule has 0 aromatic heterocycles. The SMILES string of the molecule is CC1(C(=O)O)CCCN1C(=O)C1CCN(S(=O)(=O)c2ccccc2F)CC1. The van der Waals surface area contributed by atoms with Crippen molar-refractivity contribution in [2.75, 3.05) is 19.6 Å². The molecule has 0 bridgehead atoms. The zero-order valence-electron chi connectivity index (χ0n) is 15.1. The lowest BCUT2D eigenvalue weighted by molar-refractivity contribution is -0.157. The number of likely N-dealkylation sites (tertiary alicyclic amines) is 1. The number of carbonyl (C=O) groups excluding carboxylic acids is 1. The van der Waals surface area contributed by atoms with E-state index in [0.717, 1.165) is 6.07 Å². The first-order valence-corrected chi connectivity index (χ1v) is 10.4. The van der Waals surface area contributed by atoms with Gasteiger partial charge in [-0.3, -0.25) is 4.79 Å². The number of hydrogen-bond acceptors (Lipinski definition) is 4. The standard InChI is InChI=1S/C18H23FN2O5S/c1-18(17(23)24)9-4-10-21(18)16(22)13-7-11-20(12-8-13)27(25,26)15-6-3-2-5-14(15)19/h2-3,5-6,13H,4,7-12H2,1H3,(H,23,24). The minimum Gasteiger partial charge on any atom is -0.480 e. The molecule has 2 saturated heterocycles. The summed E-state index contributed by atoms with van der Waals surface area (Å²) in [5.74, 6) is -2.48. The lowest BCUT2D eigenvalue weighted by atomic mass is 9.93. The number of halogens is 1. The van der Waals surface area contributed by atoms with E-state index >= 15 is 0 Å². The molecule has 2 heterocycles. The van der Waals surface area contributed by atoms with Gasteiger partial charge in [0, 0.05) is 25.6 Å². The molecule has 1 atom stereocenters. The summed E-state index contributed by atoms with van der Waals surface area (Å²) in [6.07, 6.45) is 1.63. The topological polar surface area (TPSA) is 95.0 Å². The van der Waals surface area contributed by atoms with Gasteiger partial charge in [-0.05, 0) is 44.7 Å². The van der Waals surface area contributed by atoms with Crippen LogP contribution in [0.4, 0.5) is 4.39 Å². The average molecular weight is 398 g/mol. The molecule has 1 aromatic rings. The summed E-state index contributed by atoms with van der Waals surface area (Å²) in [6.45, 7) is 2.16. The smallest absolute Gasteiger partial charge is 0.329 e. The molecule has 0 radical (unpaired) electrons. The third-order valence-corrected chi connectivity index (χ3v) is 7.56. The van der Waals surface area contributed by atoms with E-state index in [0.29, 0.717) is 32.2 Å². The lowest BCUT2D eigenvalue weighted by Crippen LogP contribution is -2.54. The Morgan fingerprint density at radius 2 is 1.81 bits per heavy atom. The molecular formula is C18H23FN2O5S. The third-order valence-electron chi connectivity index (χ3n) is 5.63. The van der Waals surface area contributed by atoms with Gasteiger partial charge in [0.1, 0.15) is 16.3 Å². The Morgan fingerprint density at radius 3 is 2.41 bits per heavy atom. The van der Waals surface area contributed by atoms with Crippen LogP contribution in [0.3, 0.4) is 0 Å². The number of carboxylic acids is 1. The van der Waals surface area contributed by atoms with Crippen LogP contribution in [-0.2, 0) is 19.6 Å². The van der Waals surface area contributed by atoms with Crippen LogP contribution in [0, 0.1) is 11.7 Å². The maximum atomic E-state index is 13.9. The van der Waals surface area contributed by atoms with Crippen molar-refractivity contribution < 1.29 is 27.5 Å². The first-order chi connectivity index (χ1) is 12.7. The van der Waals surface area contributed by atoms with Gasteiger partial charge in [0.2, 0.25) is 15.9 Å². The summed E-state index contributed by atoms with van der Waals surface area (Å²) in [6, 6.07) is 5.22. The van der Waals surface area contributed by atoms with Crippen molar-refractivity contribution in [2.45, 2.75) is 43.0 Å². The van der Waals surface area contributed by atoms with Gasteiger partial charge < -0.3 is 10.0 Å². The zero-order chi connectivity index (χ0) is 19.8. The summed E-state index contributed by atoms with van der Waals surface area (Å²) >= 11 is 0. The molecule has 7 nitrogen and oxygen atoms in total. The van der Waals surface area contributed by atoms with Gasteiger partial charge in [0.05, 0.1) is 0 Å². The maximum absolute atomic E-state index is 13.9. The number of sulfonamides is 1. The molecule has 0 spiro atoms. The molecule has 3 rings (SSSR count). The molecule has 27 heavy (non-hydrogen) atoms. The Labute approximate surface area is 157 Å². The number of aliphatic carboxylic acids is 1. The van der Waals surface area contributed by atoms with E-state index in [1.807, 2.05) is 0 Å². The monoisotopic (exact) mass is 398 g/mol. The first kappa shape index (κ1) is 19.8. The van der Waals surface area contributed by atoms with E-state index in [1.165, 1.54) is 27.4 Å². The molecule has 0 aliphatic carbocycles. The third kappa shape index (κ3) is 3.45. The van der Waals surface area contributed by atoms with Crippen LogP contribution in [0.15, 0.2) is 29.2 Å². The van der Waals surface area contributed by atoms with Crippen molar-refractivity contribution in [2.24, 2.45) is 5.92 Å². The fourth-order valence-electron chi connectivity index (χ4n) is 3.90. The number of nitrogens with zero attached hydrogens (tertiary/aromatic N) is 2. The van der Waals surface area contributed by atoms with Crippen LogP contribution in [0.25, 0.3) is 0 Å². The van der Waals surface area contributed by atoms with Gasteiger partial charge in [-0.1, -0.05) is 12.1 Å². The molecule has 2 fully saturated rings. The van der Waals surface area contributed by atoms with E-state index in [9.17, 15) is 27.5 Å². The van der Waals surface area contributed by atoms with Gasteiger partial charge in [-0.25, -0.2) is 17.6 Å². The Balaban J connectivity index is 1.70. The van der Waals surface area contributed by atoms with Crippen molar-refractivity contribution in [1.82, 2.24) is 9.21 Å². The van der Waals surface area contributed by atoms with Crippen LogP contribution in [0.2, 0.25) is 0 Å². The van der Waals surface area contributed by atoms with E-state index in [-0.39, 0.29) is 23.9 Å². The predicted molar refractivity (Wildman–Crippen MR) is 94.9 cm³/mol. The van der Waals surface area contributed by atoms with Crippen molar-refractivity contribution >= 4 is 21.9 Å². The van der Waals surface area contributed by atoms with Crippen LogP contribution in [0.1, 0.15) is 32.6 Å². The lowest BCUT2D eigenvalue weighted by Gasteiger charge is -2.37. The fraction of sp³-hybridized carbons (Fsp3) is 0.556. The summed E-state index contributed by atoms with van der Waals surface area (Å²) in [4.78, 5) is 25.5. The van der Waals surface area contributed by atoms with E-state index in [2.05, 4.69) is 0 Å².